The van der Waals surface area contributed by atoms with Crippen LogP contribution in [0.25, 0.3) is 0 Å². The molecule has 0 fully saturated rings. The van der Waals surface area contributed by atoms with Gasteiger partial charge < -0.3 is 10.3 Å². The van der Waals surface area contributed by atoms with E-state index in [-0.39, 0.29) is 10.9 Å². The molecule has 2 aromatic rings. The fourth-order valence-electron chi connectivity index (χ4n) is 2.02. The molecule has 2 rings (SSSR count). The number of aromatic amines is 1. The minimum absolute atomic E-state index is 0.212. The van der Waals surface area contributed by atoms with Crippen LogP contribution in [0.1, 0.15) is 17.8 Å². The van der Waals surface area contributed by atoms with Crippen LogP contribution in [0, 0.1) is 6.92 Å². The molecule has 0 amide bonds. The smallest absolute Gasteiger partial charge is 0.264 e. The van der Waals surface area contributed by atoms with E-state index >= 15 is 0 Å². The highest BCUT2D eigenvalue weighted by Crippen LogP contribution is 2.13. The molecule has 0 radical (unpaired) electrons. The van der Waals surface area contributed by atoms with Crippen molar-refractivity contribution >= 4 is 27.7 Å². The number of aliphatic imine (C=N–C) groups is 1. The summed E-state index contributed by atoms with van der Waals surface area (Å²) >= 11 is 1.79. The average molecular weight is 382 g/mol. The number of guanidine groups is 1. The Bertz CT molecular complexity index is 788. The monoisotopic (exact) mass is 381 g/mol. The van der Waals surface area contributed by atoms with E-state index in [1.165, 1.54) is 0 Å². The van der Waals surface area contributed by atoms with Gasteiger partial charge in [-0.1, -0.05) is 18.2 Å². The van der Waals surface area contributed by atoms with Gasteiger partial charge in [-0.05, 0) is 31.2 Å². The van der Waals surface area contributed by atoms with Crippen molar-refractivity contribution in [2.75, 3.05) is 19.3 Å². The maximum absolute atomic E-state index is 12.3. The zero-order chi connectivity index (χ0) is 18.1. The van der Waals surface area contributed by atoms with Crippen molar-refractivity contribution in [1.29, 1.82) is 0 Å². The minimum Gasteiger partial charge on any atom is -0.359 e. The van der Waals surface area contributed by atoms with E-state index < -0.39 is 10.0 Å². The fraction of sp³-hybridized carbons (Fsp3) is 0.375. The Balaban J connectivity index is 1.77. The molecule has 0 aliphatic rings. The summed E-state index contributed by atoms with van der Waals surface area (Å²) in [6, 6.07) is 8.23. The zero-order valence-corrected chi connectivity index (χ0v) is 16.0. The molecule has 0 aliphatic heterocycles. The van der Waals surface area contributed by atoms with Crippen LogP contribution in [0.4, 0.5) is 0 Å². The molecule has 0 unspecified atom stereocenters. The first-order valence-electron chi connectivity index (χ1n) is 7.89. The lowest BCUT2D eigenvalue weighted by atomic mass is 10.4. The number of aryl methyl sites for hydroxylation is 1. The maximum atomic E-state index is 12.3. The van der Waals surface area contributed by atoms with E-state index in [4.69, 9.17) is 0 Å². The van der Waals surface area contributed by atoms with Gasteiger partial charge in [0.05, 0.1) is 16.9 Å². The highest BCUT2D eigenvalue weighted by molar-refractivity contribution is 7.98. The first-order chi connectivity index (χ1) is 12.0. The van der Waals surface area contributed by atoms with Gasteiger partial charge in [0.15, 0.2) is 0 Å². The standard InChI is InChI=1S/C16H23N5O2S2/c1-13-15(20-12-19-13)11-24-10-6-9-18-16(17-2)21-25(22,23)14-7-4-3-5-8-14/h3-5,7-8,12H,6,9-11H2,1-2H3,(H,19,20)(H2,17,18,21). The first-order valence-corrected chi connectivity index (χ1v) is 10.5. The third-order valence-corrected chi connectivity index (χ3v) is 5.84. The van der Waals surface area contributed by atoms with Crippen LogP contribution in [-0.4, -0.2) is 43.7 Å². The quantitative estimate of drug-likeness (QED) is 0.368. The summed E-state index contributed by atoms with van der Waals surface area (Å²) in [5.74, 6) is 2.07. The number of rotatable bonds is 8. The lowest BCUT2D eigenvalue weighted by Gasteiger charge is -2.10. The third kappa shape index (κ3) is 6.09. The van der Waals surface area contributed by atoms with Crippen molar-refractivity contribution in [1.82, 2.24) is 20.0 Å². The molecule has 7 nitrogen and oxygen atoms in total. The number of thioether (sulfide) groups is 1. The molecule has 1 aromatic heterocycles. The van der Waals surface area contributed by atoms with Crippen molar-refractivity contribution in [2.24, 2.45) is 4.99 Å². The highest BCUT2D eigenvalue weighted by Gasteiger charge is 2.14. The van der Waals surface area contributed by atoms with Crippen LogP contribution in [0.15, 0.2) is 46.5 Å². The Hall–Kier alpha value is -2.00. The number of H-pyrrole nitrogens is 1. The number of hydrogen-bond acceptors (Lipinski definition) is 5. The molecule has 0 bridgehead atoms. The van der Waals surface area contributed by atoms with Crippen LogP contribution in [0.2, 0.25) is 0 Å². The number of benzene rings is 1. The lowest BCUT2D eigenvalue weighted by molar-refractivity contribution is 0.591. The van der Waals surface area contributed by atoms with Gasteiger partial charge >= 0.3 is 0 Å². The van der Waals surface area contributed by atoms with Gasteiger partial charge in [0.2, 0.25) is 5.96 Å². The number of sulfonamides is 1. The Morgan fingerprint density at radius 1 is 1.32 bits per heavy atom. The summed E-state index contributed by atoms with van der Waals surface area (Å²) in [6.07, 6.45) is 2.56. The number of imidazole rings is 1. The maximum Gasteiger partial charge on any atom is 0.264 e. The summed E-state index contributed by atoms with van der Waals surface area (Å²) in [5.41, 5.74) is 2.17. The summed E-state index contributed by atoms with van der Waals surface area (Å²) in [6.45, 7) is 2.52. The summed E-state index contributed by atoms with van der Waals surface area (Å²) < 4.78 is 27.0. The van der Waals surface area contributed by atoms with Crippen LogP contribution in [0.3, 0.4) is 0 Å². The van der Waals surface area contributed by atoms with Crippen LogP contribution in [-0.2, 0) is 15.8 Å². The van der Waals surface area contributed by atoms with Gasteiger partial charge in [0.25, 0.3) is 10.0 Å². The van der Waals surface area contributed by atoms with E-state index in [9.17, 15) is 8.42 Å². The molecular weight excluding hydrogens is 358 g/mol. The van der Waals surface area contributed by atoms with Gasteiger partial charge in [0.1, 0.15) is 0 Å². The van der Waals surface area contributed by atoms with Crippen molar-refractivity contribution in [3.63, 3.8) is 0 Å². The number of nitrogens with one attached hydrogen (secondary N) is 3. The summed E-state index contributed by atoms with van der Waals surface area (Å²) in [7, 11) is -1.97. The number of nitrogens with zero attached hydrogens (tertiary/aromatic N) is 2. The van der Waals surface area contributed by atoms with Gasteiger partial charge in [-0.3, -0.25) is 4.99 Å². The van der Waals surface area contributed by atoms with Crippen molar-refractivity contribution in [3.05, 3.63) is 48.0 Å². The van der Waals surface area contributed by atoms with Crippen LogP contribution < -0.4 is 10.0 Å². The second-order valence-corrected chi connectivity index (χ2v) is 8.06. The SMILES string of the molecule is CNC(=NCCCSCc1[nH]cnc1C)NS(=O)(=O)c1ccccc1. The predicted molar refractivity (Wildman–Crippen MR) is 102 cm³/mol. The van der Waals surface area contributed by atoms with E-state index in [0.717, 1.165) is 29.3 Å². The number of aromatic nitrogens is 2. The molecule has 3 N–H and O–H groups in total. The fourth-order valence-corrected chi connectivity index (χ4v) is 4.04. The molecule has 1 aromatic carbocycles. The molecule has 0 saturated heterocycles. The Morgan fingerprint density at radius 2 is 2.08 bits per heavy atom. The largest absolute Gasteiger partial charge is 0.359 e. The molecule has 0 aliphatic carbocycles. The van der Waals surface area contributed by atoms with Crippen LogP contribution in [0.5, 0.6) is 0 Å². The highest BCUT2D eigenvalue weighted by atomic mass is 32.2. The molecule has 0 saturated carbocycles. The molecule has 136 valence electrons. The molecule has 0 spiro atoms. The van der Waals surface area contributed by atoms with Crippen LogP contribution >= 0.6 is 11.8 Å². The molecule has 25 heavy (non-hydrogen) atoms. The Labute approximate surface area is 152 Å². The third-order valence-electron chi connectivity index (χ3n) is 3.42. The second-order valence-electron chi connectivity index (χ2n) is 5.27. The molecule has 1 heterocycles. The summed E-state index contributed by atoms with van der Waals surface area (Å²) in [5, 5.41) is 2.79. The Morgan fingerprint density at radius 3 is 2.72 bits per heavy atom. The Kier molecular flexibility index (Phi) is 7.32. The first kappa shape index (κ1) is 19.3. The molecule has 9 heteroatoms. The van der Waals surface area contributed by atoms with Gasteiger partial charge in [-0.2, -0.15) is 11.8 Å². The van der Waals surface area contributed by atoms with Crippen molar-refractivity contribution in [2.45, 2.75) is 24.0 Å². The molecular formula is C16H23N5O2S2. The van der Waals surface area contributed by atoms with E-state index in [1.54, 1.807) is 55.5 Å². The van der Waals surface area contributed by atoms with Gasteiger partial charge in [-0.15, -0.1) is 0 Å². The molecule has 0 atom stereocenters. The van der Waals surface area contributed by atoms with E-state index in [0.29, 0.717) is 6.54 Å². The summed E-state index contributed by atoms with van der Waals surface area (Å²) in [4.78, 5) is 11.8. The average Bonchev–Trinajstić information content (AvgIpc) is 3.02. The van der Waals surface area contributed by atoms with E-state index in [2.05, 4.69) is 25.0 Å². The minimum atomic E-state index is -3.61. The second kappa shape index (κ2) is 9.47. The van der Waals surface area contributed by atoms with Gasteiger partial charge in [-0.25, -0.2) is 18.1 Å². The van der Waals surface area contributed by atoms with Crippen molar-refractivity contribution in [3.8, 4) is 0 Å². The topological polar surface area (TPSA) is 99.2 Å². The number of hydrogen-bond donors (Lipinski definition) is 3. The predicted octanol–water partition coefficient (Wildman–Crippen LogP) is 1.90. The lowest BCUT2D eigenvalue weighted by Crippen LogP contribution is -2.39. The zero-order valence-electron chi connectivity index (χ0n) is 14.3. The van der Waals surface area contributed by atoms with Crippen molar-refractivity contribution < 1.29 is 8.42 Å². The van der Waals surface area contributed by atoms with E-state index in [1.807, 2.05) is 6.92 Å². The normalized spacial score (nSPS) is 12.2. The van der Waals surface area contributed by atoms with Gasteiger partial charge in [0, 0.05) is 25.0 Å².